The summed E-state index contributed by atoms with van der Waals surface area (Å²) in [7, 11) is 0. The summed E-state index contributed by atoms with van der Waals surface area (Å²) in [6, 6.07) is 8.44. The van der Waals surface area contributed by atoms with E-state index in [1.165, 1.54) is 13.0 Å². The maximum Gasteiger partial charge on any atom is 0.255 e. The van der Waals surface area contributed by atoms with Crippen molar-refractivity contribution < 1.29 is 23.6 Å². The summed E-state index contributed by atoms with van der Waals surface area (Å²) in [4.78, 5) is 50.9. The van der Waals surface area contributed by atoms with E-state index in [0.29, 0.717) is 11.1 Å². The number of fused-ring (bicyclic) bond motifs is 1. The molecule has 4 amide bonds. The fourth-order valence-electron chi connectivity index (χ4n) is 3.74. The van der Waals surface area contributed by atoms with Gasteiger partial charge in [-0.05, 0) is 43.5 Å². The van der Waals surface area contributed by atoms with Crippen LogP contribution in [0.15, 0.2) is 36.4 Å². The third-order valence-corrected chi connectivity index (χ3v) is 5.51. The first-order valence-electron chi connectivity index (χ1n) is 9.87. The predicted molar refractivity (Wildman–Crippen MR) is 110 cm³/mol. The number of nitrogens with zero attached hydrogens (tertiary/aromatic N) is 1. The first kappa shape index (κ1) is 20.5. The molecule has 31 heavy (non-hydrogen) atoms. The number of rotatable bonds is 6. The Morgan fingerprint density at radius 2 is 1.90 bits per heavy atom. The summed E-state index contributed by atoms with van der Waals surface area (Å²) in [6.45, 7) is 1.06. The zero-order valence-electron chi connectivity index (χ0n) is 16.8. The zero-order valence-corrected chi connectivity index (χ0v) is 16.8. The summed E-state index contributed by atoms with van der Waals surface area (Å²) in [5, 5.41) is 5.04. The minimum absolute atomic E-state index is 0.0200. The predicted octanol–water partition coefficient (Wildman–Crippen LogP) is 1.65. The summed E-state index contributed by atoms with van der Waals surface area (Å²) in [5.74, 6) is -2.76. The van der Waals surface area contributed by atoms with Crippen molar-refractivity contribution in [1.82, 2.24) is 10.2 Å². The van der Waals surface area contributed by atoms with Crippen molar-refractivity contribution in [2.45, 2.75) is 31.8 Å². The molecule has 0 saturated heterocycles. The lowest BCUT2D eigenvalue weighted by molar-refractivity contribution is -0.127. The van der Waals surface area contributed by atoms with Gasteiger partial charge in [0.15, 0.2) is 0 Å². The fraction of sp³-hybridized carbons (Fsp3) is 0.273. The molecular weight excluding hydrogens is 403 g/mol. The van der Waals surface area contributed by atoms with Gasteiger partial charge in [-0.2, -0.15) is 0 Å². The normalized spacial score (nSPS) is 17.3. The van der Waals surface area contributed by atoms with Gasteiger partial charge < -0.3 is 21.3 Å². The van der Waals surface area contributed by atoms with Crippen molar-refractivity contribution in [3.05, 3.63) is 64.5 Å². The Morgan fingerprint density at radius 1 is 1.19 bits per heavy atom. The van der Waals surface area contributed by atoms with Gasteiger partial charge in [-0.3, -0.25) is 19.2 Å². The molecule has 1 saturated carbocycles. The van der Waals surface area contributed by atoms with Crippen LogP contribution in [-0.4, -0.2) is 41.1 Å². The molecule has 9 heteroatoms. The van der Waals surface area contributed by atoms with Crippen molar-refractivity contribution >= 4 is 29.3 Å². The fourth-order valence-corrected chi connectivity index (χ4v) is 3.74. The Bertz CT molecular complexity index is 1110. The molecule has 1 aliphatic carbocycles. The number of benzene rings is 2. The van der Waals surface area contributed by atoms with Crippen LogP contribution in [-0.2, 0) is 9.59 Å². The number of anilines is 1. The van der Waals surface area contributed by atoms with E-state index in [0.717, 1.165) is 18.9 Å². The lowest BCUT2D eigenvalue weighted by atomic mass is 10.0. The van der Waals surface area contributed by atoms with E-state index in [9.17, 15) is 23.6 Å². The summed E-state index contributed by atoms with van der Waals surface area (Å²) >= 11 is 0. The number of amides is 4. The van der Waals surface area contributed by atoms with Gasteiger partial charge in [0, 0.05) is 28.4 Å². The van der Waals surface area contributed by atoms with Crippen LogP contribution in [0.5, 0.6) is 0 Å². The van der Waals surface area contributed by atoms with Gasteiger partial charge >= 0.3 is 0 Å². The highest BCUT2D eigenvalue weighted by atomic mass is 19.1. The Kier molecular flexibility index (Phi) is 5.18. The van der Waals surface area contributed by atoms with Gasteiger partial charge in [0.25, 0.3) is 5.91 Å². The Morgan fingerprint density at radius 3 is 2.58 bits per heavy atom. The van der Waals surface area contributed by atoms with E-state index in [-0.39, 0.29) is 35.3 Å². The lowest BCUT2D eigenvalue weighted by Crippen LogP contribution is -2.42. The highest BCUT2D eigenvalue weighted by Crippen LogP contribution is 2.41. The van der Waals surface area contributed by atoms with Gasteiger partial charge in [0.2, 0.25) is 17.7 Å². The van der Waals surface area contributed by atoms with E-state index in [1.807, 2.05) is 0 Å². The third-order valence-electron chi connectivity index (χ3n) is 5.51. The van der Waals surface area contributed by atoms with Crippen LogP contribution in [0.25, 0.3) is 0 Å². The highest BCUT2D eigenvalue weighted by molar-refractivity contribution is 6.06. The first-order valence-corrected chi connectivity index (χ1v) is 9.87. The minimum atomic E-state index is -0.826. The van der Waals surface area contributed by atoms with Crippen LogP contribution in [0.3, 0.4) is 0 Å². The molecule has 1 heterocycles. The molecule has 160 valence electrons. The summed E-state index contributed by atoms with van der Waals surface area (Å²) < 4.78 is 14.0. The van der Waals surface area contributed by atoms with Crippen LogP contribution >= 0.6 is 0 Å². The maximum atomic E-state index is 14.0. The van der Waals surface area contributed by atoms with Crippen molar-refractivity contribution in [2.75, 3.05) is 11.9 Å². The molecule has 2 aromatic carbocycles. The molecule has 0 radical (unpaired) electrons. The molecule has 0 bridgehead atoms. The van der Waals surface area contributed by atoms with Crippen molar-refractivity contribution in [1.29, 1.82) is 0 Å². The van der Waals surface area contributed by atoms with Crippen LogP contribution in [0.1, 0.15) is 50.7 Å². The zero-order chi connectivity index (χ0) is 22.3. The van der Waals surface area contributed by atoms with E-state index in [4.69, 9.17) is 5.73 Å². The Hall–Kier alpha value is -3.75. The minimum Gasteiger partial charge on any atom is -0.366 e. The second-order valence-corrected chi connectivity index (χ2v) is 7.69. The van der Waals surface area contributed by atoms with E-state index < -0.39 is 29.6 Å². The lowest BCUT2D eigenvalue weighted by Gasteiger charge is -2.24. The van der Waals surface area contributed by atoms with Crippen LogP contribution < -0.4 is 16.4 Å². The highest BCUT2D eigenvalue weighted by Gasteiger charge is 2.47. The summed E-state index contributed by atoms with van der Waals surface area (Å²) in [5.41, 5.74) is 6.45. The summed E-state index contributed by atoms with van der Waals surface area (Å²) in [6.07, 6.45) is 1.68. The average Bonchev–Trinajstić information content (AvgIpc) is 3.53. The van der Waals surface area contributed by atoms with Crippen LogP contribution in [0.4, 0.5) is 10.1 Å². The maximum absolute atomic E-state index is 14.0. The quantitative estimate of drug-likeness (QED) is 0.653. The number of primary amides is 1. The van der Waals surface area contributed by atoms with Gasteiger partial charge in [0.1, 0.15) is 11.9 Å². The molecule has 1 fully saturated rings. The Labute approximate surface area is 177 Å². The molecule has 2 aliphatic rings. The number of nitrogens with two attached hydrogens (primary N) is 1. The molecule has 1 unspecified atom stereocenters. The van der Waals surface area contributed by atoms with Crippen molar-refractivity contribution in [3.63, 3.8) is 0 Å². The SMILES string of the molecule is Cc1c(F)cc(C(N)=O)cc1NC(=O)CNC(=O)C1c2ccccc2C(=O)N1C1CC1. The number of hydrogen-bond donors (Lipinski definition) is 3. The van der Waals surface area contributed by atoms with Gasteiger partial charge in [0.05, 0.1) is 6.54 Å². The van der Waals surface area contributed by atoms with Crippen LogP contribution in [0.2, 0.25) is 0 Å². The monoisotopic (exact) mass is 424 g/mol. The largest absolute Gasteiger partial charge is 0.366 e. The van der Waals surface area contributed by atoms with Crippen molar-refractivity contribution in [2.24, 2.45) is 5.73 Å². The molecule has 2 aromatic rings. The molecule has 0 spiro atoms. The first-order chi connectivity index (χ1) is 14.8. The second kappa shape index (κ2) is 7.82. The van der Waals surface area contributed by atoms with Crippen molar-refractivity contribution in [3.8, 4) is 0 Å². The molecule has 8 nitrogen and oxygen atoms in total. The van der Waals surface area contributed by atoms with Gasteiger partial charge in [-0.15, -0.1) is 0 Å². The molecular formula is C22H21FN4O4. The number of hydrogen-bond acceptors (Lipinski definition) is 4. The topological polar surface area (TPSA) is 122 Å². The second-order valence-electron chi connectivity index (χ2n) is 7.69. The number of carbonyl (C=O) groups excluding carboxylic acids is 4. The van der Waals surface area contributed by atoms with E-state index >= 15 is 0 Å². The molecule has 4 N–H and O–H groups in total. The molecule has 1 atom stereocenters. The van der Waals surface area contributed by atoms with E-state index in [2.05, 4.69) is 10.6 Å². The number of carbonyl (C=O) groups is 4. The third kappa shape index (κ3) is 3.86. The van der Waals surface area contributed by atoms with E-state index in [1.54, 1.807) is 29.2 Å². The standard InChI is InChI=1S/C22H21FN4O4/c1-11-16(23)8-12(20(24)29)9-17(11)26-18(28)10-25-21(30)19-14-4-2-3-5-15(14)22(31)27(19)13-6-7-13/h2-5,8-9,13,19H,6-7,10H2,1H3,(H2,24,29)(H,25,30)(H,26,28). The molecule has 0 aromatic heterocycles. The average molecular weight is 424 g/mol. The molecule has 4 rings (SSSR count). The van der Waals surface area contributed by atoms with Gasteiger partial charge in [-0.25, -0.2) is 4.39 Å². The van der Waals surface area contributed by atoms with Crippen LogP contribution in [0, 0.1) is 12.7 Å². The Balaban J connectivity index is 1.46. The number of halogens is 1. The smallest absolute Gasteiger partial charge is 0.255 e. The number of nitrogens with one attached hydrogen (secondary N) is 2. The molecule has 1 aliphatic heterocycles. The van der Waals surface area contributed by atoms with Gasteiger partial charge in [-0.1, -0.05) is 18.2 Å².